The van der Waals surface area contributed by atoms with Crippen molar-refractivity contribution in [2.45, 2.75) is 44.8 Å². The fourth-order valence-electron chi connectivity index (χ4n) is 2.72. The summed E-state index contributed by atoms with van der Waals surface area (Å²) in [5, 5.41) is 9.03. The highest BCUT2D eigenvalue weighted by atomic mass is 16.5. The van der Waals surface area contributed by atoms with Crippen LogP contribution >= 0.6 is 0 Å². The summed E-state index contributed by atoms with van der Waals surface area (Å²) in [6, 6.07) is 6.89. The van der Waals surface area contributed by atoms with Gasteiger partial charge in [0.25, 0.3) is 11.8 Å². The molecule has 0 unspecified atom stereocenters. The van der Waals surface area contributed by atoms with Crippen LogP contribution in [0.25, 0.3) is 0 Å². The van der Waals surface area contributed by atoms with Crippen molar-refractivity contribution < 1.29 is 14.3 Å². The molecule has 0 radical (unpaired) electrons. The number of ether oxygens (including phenoxy) is 1. The first kappa shape index (κ1) is 18.4. The summed E-state index contributed by atoms with van der Waals surface area (Å²) in [5.74, 6) is -0.273. The van der Waals surface area contributed by atoms with Crippen molar-refractivity contribution in [3.8, 4) is 0 Å². The van der Waals surface area contributed by atoms with Crippen LogP contribution in [-0.2, 0) is 9.53 Å². The molecule has 1 heterocycles. The number of anilines is 1. The van der Waals surface area contributed by atoms with E-state index in [1.165, 1.54) is 0 Å². The van der Waals surface area contributed by atoms with Gasteiger partial charge in [-0.05, 0) is 71.0 Å². The van der Waals surface area contributed by atoms with Gasteiger partial charge in [0.05, 0.1) is 0 Å². The maximum absolute atomic E-state index is 12.6. The monoisotopic (exact) mass is 333 g/mol. The number of carbonyl (C=O) groups excluding carboxylic acids is 2. The van der Waals surface area contributed by atoms with Crippen LogP contribution in [0.15, 0.2) is 24.3 Å². The van der Waals surface area contributed by atoms with Gasteiger partial charge in [-0.2, -0.15) is 0 Å². The Morgan fingerprint density at radius 3 is 2.21 bits per heavy atom. The third-order valence-corrected chi connectivity index (χ3v) is 4.11. The van der Waals surface area contributed by atoms with Crippen LogP contribution in [0.5, 0.6) is 0 Å². The zero-order chi connectivity index (χ0) is 17.8. The summed E-state index contributed by atoms with van der Waals surface area (Å²) >= 11 is 0. The van der Waals surface area contributed by atoms with Crippen LogP contribution < -0.4 is 16.0 Å². The van der Waals surface area contributed by atoms with Gasteiger partial charge in [-0.25, -0.2) is 0 Å². The number of hydrogen-bond acceptors (Lipinski definition) is 4. The Hall–Kier alpha value is -1.92. The molecule has 2 amide bonds. The number of methoxy groups -OCH3 is 1. The number of nitrogens with one attached hydrogen (secondary N) is 3. The van der Waals surface area contributed by atoms with Crippen LogP contribution in [-0.4, -0.2) is 43.2 Å². The van der Waals surface area contributed by atoms with Crippen molar-refractivity contribution in [3.63, 3.8) is 0 Å². The second kappa shape index (κ2) is 7.32. The van der Waals surface area contributed by atoms with E-state index < -0.39 is 5.60 Å². The Balaban J connectivity index is 2.03. The highest BCUT2D eigenvalue weighted by Crippen LogP contribution is 2.24. The molecular weight excluding hydrogens is 306 g/mol. The average Bonchev–Trinajstić information content (AvgIpc) is 2.54. The van der Waals surface area contributed by atoms with E-state index in [-0.39, 0.29) is 17.4 Å². The maximum atomic E-state index is 12.6. The van der Waals surface area contributed by atoms with Gasteiger partial charge in [-0.3, -0.25) is 9.59 Å². The quantitative estimate of drug-likeness (QED) is 0.786. The average molecular weight is 333 g/mol. The first-order valence-corrected chi connectivity index (χ1v) is 8.26. The molecule has 3 N–H and O–H groups in total. The van der Waals surface area contributed by atoms with E-state index in [0.717, 1.165) is 13.1 Å². The summed E-state index contributed by atoms with van der Waals surface area (Å²) < 4.78 is 5.51. The number of benzene rings is 1. The molecule has 1 saturated heterocycles. The zero-order valence-electron chi connectivity index (χ0n) is 14.9. The maximum Gasteiger partial charge on any atom is 0.256 e. The molecule has 1 aliphatic rings. The molecule has 1 fully saturated rings. The van der Waals surface area contributed by atoms with Gasteiger partial charge in [0.15, 0.2) is 0 Å². The van der Waals surface area contributed by atoms with Crippen molar-refractivity contribution in [1.29, 1.82) is 0 Å². The molecular formula is C18H27N3O3. The Labute approximate surface area is 143 Å². The molecule has 0 saturated carbocycles. The lowest BCUT2D eigenvalue weighted by molar-refractivity contribution is -0.140. The molecule has 6 nitrogen and oxygen atoms in total. The fraction of sp³-hybridized carbons (Fsp3) is 0.556. The smallest absolute Gasteiger partial charge is 0.256 e. The van der Waals surface area contributed by atoms with E-state index in [9.17, 15) is 9.59 Å². The van der Waals surface area contributed by atoms with E-state index in [1.807, 2.05) is 20.8 Å². The molecule has 0 atom stereocenters. The van der Waals surface area contributed by atoms with Crippen molar-refractivity contribution in [2.24, 2.45) is 0 Å². The number of rotatable bonds is 4. The van der Waals surface area contributed by atoms with E-state index in [2.05, 4.69) is 16.0 Å². The second-order valence-electron chi connectivity index (χ2n) is 7.18. The van der Waals surface area contributed by atoms with Crippen molar-refractivity contribution >= 4 is 17.5 Å². The van der Waals surface area contributed by atoms with Crippen LogP contribution in [0.4, 0.5) is 5.69 Å². The number of amides is 2. The Kier molecular flexibility index (Phi) is 5.62. The summed E-state index contributed by atoms with van der Waals surface area (Å²) in [6.45, 7) is 7.31. The molecule has 6 heteroatoms. The second-order valence-corrected chi connectivity index (χ2v) is 7.18. The Morgan fingerprint density at radius 2 is 1.71 bits per heavy atom. The normalized spacial score (nSPS) is 17.2. The SMILES string of the molecule is COC1(C(=O)Nc2ccc(C(=O)NC(C)(C)C)cc2)CCNCC1. The molecule has 24 heavy (non-hydrogen) atoms. The number of piperidine rings is 1. The van der Waals surface area contributed by atoms with Crippen LogP contribution in [0.3, 0.4) is 0 Å². The molecule has 1 aromatic rings. The molecule has 132 valence electrons. The summed E-state index contributed by atoms with van der Waals surface area (Å²) in [4.78, 5) is 24.7. The third-order valence-electron chi connectivity index (χ3n) is 4.11. The van der Waals surface area contributed by atoms with E-state index in [0.29, 0.717) is 24.1 Å². The highest BCUT2D eigenvalue weighted by Gasteiger charge is 2.39. The van der Waals surface area contributed by atoms with Crippen LogP contribution in [0.1, 0.15) is 44.0 Å². The minimum Gasteiger partial charge on any atom is -0.368 e. The first-order chi connectivity index (χ1) is 11.3. The number of hydrogen-bond donors (Lipinski definition) is 3. The van der Waals surface area contributed by atoms with Gasteiger partial charge in [0, 0.05) is 23.9 Å². The fourth-order valence-corrected chi connectivity index (χ4v) is 2.72. The lowest BCUT2D eigenvalue weighted by Crippen LogP contribution is -2.51. The zero-order valence-corrected chi connectivity index (χ0v) is 14.9. The van der Waals surface area contributed by atoms with Gasteiger partial charge in [0.1, 0.15) is 5.60 Å². The van der Waals surface area contributed by atoms with Gasteiger partial charge in [-0.15, -0.1) is 0 Å². The first-order valence-electron chi connectivity index (χ1n) is 8.26. The van der Waals surface area contributed by atoms with E-state index >= 15 is 0 Å². The predicted molar refractivity (Wildman–Crippen MR) is 94.1 cm³/mol. The predicted octanol–water partition coefficient (Wildman–Crippen LogP) is 1.92. The lowest BCUT2D eigenvalue weighted by atomic mass is 9.91. The van der Waals surface area contributed by atoms with Crippen molar-refractivity contribution in [3.05, 3.63) is 29.8 Å². The number of carbonyl (C=O) groups is 2. The largest absolute Gasteiger partial charge is 0.368 e. The third kappa shape index (κ3) is 4.55. The molecule has 0 bridgehead atoms. The van der Waals surface area contributed by atoms with E-state index in [4.69, 9.17) is 4.74 Å². The van der Waals surface area contributed by atoms with Gasteiger partial charge in [-0.1, -0.05) is 0 Å². The van der Waals surface area contributed by atoms with E-state index in [1.54, 1.807) is 31.4 Å². The highest BCUT2D eigenvalue weighted by molar-refractivity contribution is 5.98. The van der Waals surface area contributed by atoms with Crippen LogP contribution in [0.2, 0.25) is 0 Å². The molecule has 1 aromatic carbocycles. The molecule has 1 aliphatic heterocycles. The van der Waals surface area contributed by atoms with Crippen LogP contribution in [0, 0.1) is 0 Å². The summed E-state index contributed by atoms with van der Waals surface area (Å²) in [6.07, 6.45) is 1.28. The van der Waals surface area contributed by atoms with Gasteiger partial charge < -0.3 is 20.7 Å². The van der Waals surface area contributed by atoms with Gasteiger partial charge >= 0.3 is 0 Å². The standard InChI is InChI=1S/C18H27N3O3/c1-17(2,3)21-15(22)13-5-7-14(8-6-13)20-16(23)18(24-4)9-11-19-12-10-18/h5-8,19H,9-12H2,1-4H3,(H,20,23)(H,21,22). The Bertz CT molecular complexity index is 585. The Morgan fingerprint density at radius 1 is 1.12 bits per heavy atom. The molecule has 2 rings (SSSR count). The molecule has 0 aliphatic carbocycles. The summed E-state index contributed by atoms with van der Waals surface area (Å²) in [5.41, 5.74) is 0.144. The lowest BCUT2D eigenvalue weighted by Gasteiger charge is -2.34. The van der Waals surface area contributed by atoms with Crippen molar-refractivity contribution in [2.75, 3.05) is 25.5 Å². The molecule has 0 aromatic heterocycles. The van der Waals surface area contributed by atoms with Crippen molar-refractivity contribution in [1.82, 2.24) is 10.6 Å². The van der Waals surface area contributed by atoms with Gasteiger partial charge in [0.2, 0.25) is 0 Å². The topological polar surface area (TPSA) is 79.5 Å². The summed E-state index contributed by atoms with van der Waals surface area (Å²) in [7, 11) is 1.57. The minimum atomic E-state index is -0.784. The molecule has 0 spiro atoms. The minimum absolute atomic E-state index is 0.132.